The van der Waals surface area contributed by atoms with E-state index in [1.54, 1.807) is 12.1 Å². The zero-order valence-corrected chi connectivity index (χ0v) is 11.8. The van der Waals surface area contributed by atoms with Gasteiger partial charge >= 0.3 is 0 Å². The molecule has 0 heterocycles. The molecule has 1 amide bonds. The Labute approximate surface area is 126 Å². The highest BCUT2D eigenvalue weighted by atomic mass is 35.5. The number of hydrogen-bond donors (Lipinski definition) is 1. The van der Waals surface area contributed by atoms with Gasteiger partial charge in [-0.25, -0.2) is 5.43 Å². The number of ether oxygens (including phenoxy) is 2. The number of nitriles is 2. The smallest absolute Gasteiger partial charge is 0.254 e. The Bertz CT molecular complexity index is 632. The van der Waals surface area contributed by atoms with E-state index in [9.17, 15) is 4.79 Å². The van der Waals surface area contributed by atoms with E-state index in [1.165, 1.54) is 19.4 Å². The number of nitrogens with zero attached hydrogens (tertiary/aromatic N) is 3. The zero-order chi connectivity index (χ0) is 15.7. The predicted octanol–water partition coefficient (Wildman–Crippen LogP) is 1.61. The summed E-state index contributed by atoms with van der Waals surface area (Å²) in [5.41, 5.74) is 2.74. The lowest BCUT2D eigenvalue weighted by molar-refractivity contribution is -0.120. The van der Waals surface area contributed by atoms with Gasteiger partial charge in [-0.1, -0.05) is 11.6 Å². The highest BCUT2D eigenvalue weighted by Gasteiger charge is 2.11. The maximum absolute atomic E-state index is 11.0. The van der Waals surface area contributed by atoms with E-state index >= 15 is 0 Å². The monoisotopic (exact) mass is 306 g/mol. The molecule has 8 heteroatoms. The lowest BCUT2D eigenvalue weighted by atomic mass is 10.2. The number of hydrazone groups is 1. The summed E-state index contributed by atoms with van der Waals surface area (Å²) in [7, 11) is 1.43. The third kappa shape index (κ3) is 5.01. The molecule has 0 aliphatic rings. The molecule has 0 fully saturated rings. The molecule has 0 spiro atoms. The average molecular weight is 307 g/mol. The molecule has 1 N–H and O–H groups in total. The number of amides is 1. The Hall–Kier alpha value is -2.77. The molecule has 0 aliphatic heterocycles. The molecule has 0 bridgehead atoms. The van der Waals surface area contributed by atoms with Crippen LogP contribution in [0.2, 0.25) is 5.02 Å². The number of rotatable bonds is 6. The van der Waals surface area contributed by atoms with Crippen molar-refractivity contribution in [3.05, 3.63) is 22.7 Å². The van der Waals surface area contributed by atoms with Crippen LogP contribution in [0.15, 0.2) is 17.2 Å². The van der Waals surface area contributed by atoms with Crippen LogP contribution in [0, 0.1) is 22.7 Å². The van der Waals surface area contributed by atoms with Crippen LogP contribution in [0.25, 0.3) is 0 Å². The topological polar surface area (TPSA) is 108 Å². The van der Waals surface area contributed by atoms with Gasteiger partial charge in [0.05, 0.1) is 24.4 Å². The van der Waals surface area contributed by atoms with E-state index in [-0.39, 0.29) is 23.8 Å². The van der Waals surface area contributed by atoms with E-state index in [2.05, 4.69) is 10.5 Å². The standard InChI is InChI=1S/C13H11ClN4O3/c1-20-11-7-9(8-17-18-12(19)2-3-15)6-10(14)13(11)21-5-4-16/h6-8H,2,5H2,1H3,(H,18,19)/b17-8+. The first-order valence-corrected chi connectivity index (χ1v) is 6.06. The fourth-order valence-electron chi connectivity index (χ4n) is 1.35. The van der Waals surface area contributed by atoms with Gasteiger partial charge in [-0.05, 0) is 17.7 Å². The molecule has 0 unspecified atom stereocenters. The molecule has 0 radical (unpaired) electrons. The second-order valence-electron chi connectivity index (χ2n) is 3.61. The summed E-state index contributed by atoms with van der Waals surface area (Å²) >= 11 is 6.03. The van der Waals surface area contributed by atoms with Crippen molar-refractivity contribution in [2.45, 2.75) is 6.42 Å². The van der Waals surface area contributed by atoms with Crippen LogP contribution in [0.5, 0.6) is 11.5 Å². The molecule has 108 valence electrons. The highest BCUT2D eigenvalue weighted by Crippen LogP contribution is 2.35. The van der Waals surface area contributed by atoms with E-state index in [0.717, 1.165) is 0 Å². The minimum Gasteiger partial charge on any atom is -0.493 e. The van der Waals surface area contributed by atoms with E-state index < -0.39 is 5.91 Å². The minimum atomic E-state index is -0.513. The number of hydrogen-bond acceptors (Lipinski definition) is 6. The fraction of sp³-hybridized carbons (Fsp3) is 0.231. The Morgan fingerprint density at radius 3 is 2.86 bits per heavy atom. The third-order valence-corrected chi connectivity index (χ3v) is 2.46. The van der Waals surface area contributed by atoms with Crippen LogP contribution in [-0.2, 0) is 4.79 Å². The molecule has 0 saturated heterocycles. The van der Waals surface area contributed by atoms with Gasteiger partial charge in [0.2, 0.25) is 0 Å². The second-order valence-corrected chi connectivity index (χ2v) is 4.02. The van der Waals surface area contributed by atoms with Crippen molar-refractivity contribution in [3.63, 3.8) is 0 Å². The first kappa shape index (κ1) is 16.3. The van der Waals surface area contributed by atoms with Crippen LogP contribution in [0.3, 0.4) is 0 Å². The van der Waals surface area contributed by atoms with Crippen molar-refractivity contribution in [1.29, 1.82) is 10.5 Å². The summed E-state index contributed by atoms with van der Waals surface area (Å²) in [6.07, 6.45) is 1.07. The summed E-state index contributed by atoms with van der Waals surface area (Å²) < 4.78 is 10.3. The average Bonchev–Trinajstić information content (AvgIpc) is 2.46. The third-order valence-electron chi connectivity index (χ3n) is 2.18. The Morgan fingerprint density at radius 1 is 1.48 bits per heavy atom. The van der Waals surface area contributed by atoms with Crippen LogP contribution in [-0.4, -0.2) is 25.8 Å². The molecule has 1 rings (SSSR count). The van der Waals surface area contributed by atoms with E-state index in [0.29, 0.717) is 11.3 Å². The Morgan fingerprint density at radius 2 is 2.24 bits per heavy atom. The highest BCUT2D eigenvalue weighted by molar-refractivity contribution is 6.32. The van der Waals surface area contributed by atoms with Gasteiger partial charge in [0.15, 0.2) is 18.1 Å². The molecule has 0 aliphatic carbocycles. The molecule has 7 nitrogen and oxygen atoms in total. The normalized spacial score (nSPS) is 9.71. The van der Waals surface area contributed by atoms with E-state index in [4.69, 9.17) is 31.6 Å². The molecule has 1 aromatic rings. The largest absolute Gasteiger partial charge is 0.493 e. The maximum atomic E-state index is 11.0. The van der Waals surface area contributed by atoms with Gasteiger partial charge in [0, 0.05) is 0 Å². The summed E-state index contributed by atoms with van der Waals surface area (Å²) in [6.45, 7) is -0.159. The molecule has 1 aromatic carbocycles. The molecular weight excluding hydrogens is 296 g/mol. The van der Waals surface area contributed by atoms with Crippen molar-refractivity contribution in [2.24, 2.45) is 5.10 Å². The van der Waals surface area contributed by atoms with Crippen molar-refractivity contribution >= 4 is 23.7 Å². The van der Waals surface area contributed by atoms with Crippen molar-refractivity contribution in [3.8, 4) is 23.6 Å². The van der Waals surface area contributed by atoms with Gasteiger partial charge in [0.25, 0.3) is 5.91 Å². The number of halogens is 1. The SMILES string of the molecule is COc1cc(/C=N/NC(=O)CC#N)cc(Cl)c1OCC#N. The molecule has 0 aromatic heterocycles. The van der Waals surface area contributed by atoms with Crippen molar-refractivity contribution in [2.75, 3.05) is 13.7 Å². The summed E-state index contributed by atoms with van der Waals surface area (Å²) in [5.74, 6) is 0.0784. The second kappa shape index (κ2) is 8.41. The first-order valence-electron chi connectivity index (χ1n) is 5.68. The molecule has 0 saturated carbocycles. The van der Waals surface area contributed by atoms with E-state index in [1.807, 2.05) is 6.07 Å². The lowest BCUT2D eigenvalue weighted by Gasteiger charge is -2.10. The summed E-state index contributed by atoms with van der Waals surface area (Å²) in [6, 6.07) is 6.65. The van der Waals surface area contributed by atoms with Gasteiger partial charge in [-0.3, -0.25) is 4.79 Å². The summed E-state index contributed by atoms with van der Waals surface area (Å²) in [5, 5.41) is 20.8. The molecule has 0 atom stereocenters. The minimum absolute atomic E-state index is 0.159. The zero-order valence-electron chi connectivity index (χ0n) is 11.1. The van der Waals surface area contributed by atoms with Crippen molar-refractivity contribution < 1.29 is 14.3 Å². The maximum Gasteiger partial charge on any atom is 0.254 e. The predicted molar refractivity (Wildman–Crippen MR) is 75.1 cm³/mol. The Kier molecular flexibility index (Phi) is 6.52. The number of carbonyl (C=O) groups excluding carboxylic acids is 1. The van der Waals surface area contributed by atoms with Crippen LogP contribution in [0.4, 0.5) is 0 Å². The fourth-order valence-corrected chi connectivity index (χ4v) is 1.62. The quantitative estimate of drug-likeness (QED) is 0.634. The van der Waals surface area contributed by atoms with Crippen molar-refractivity contribution in [1.82, 2.24) is 5.43 Å². The number of benzene rings is 1. The van der Waals surface area contributed by atoms with Gasteiger partial charge < -0.3 is 9.47 Å². The van der Waals surface area contributed by atoms with Gasteiger partial charge in [-0.15, -0.1) is 0 Å². The van der Waals surface area contributed by atoms with Crippen LogP contribution in [0.1, 0.15) is 12.0 Å². The number of methoxy groups -OCH3 is 1. The van der Waals surface area contributed by atoms with Gasteiger partial charge in [0.1, 0.15) is 12.5 Å². The summed E-state index contributed by atoms with van der Waals surface area (Å²) in [4.78, 5) is 11.0. The lowest BCUT2D eigenvalue weighted by Crippen LogP contribution is -2.16. The first-order chi connectivity index (χ1) is 10.1. The number of nitrogens with one attached hydrogen (secondary N) is 1. The van der Waals surface area contributed by atoms with Gasteiger partial charge in [-0.2, -0.15) is 15.6 Å². The molecular formula is C13H11ClN4O3. The Balaban J connectivity index is 2.88. The van der Waals surface area contributed by atoms with Crippen LogP contribution >= 0.6 is 11.6 Å². The van der Waals surface area contributed by atoms with Crippen LogP contribution < -0.4 is 14.9 Å². The molecule has 21 heavy (non-hydrogen) atoms. The number of carbonyl (C=O) groups is 1.